The number of halogens is 3. The Balaban J connectivity index is 1.97. The minimum absolute atomic E-state index is 0.148. The van der Waals surface area contributed by atoms with Crippen LogP contribution >= 0.6 is 0 Å². The number of alkyl halides is 3. The van der Waals surface area contributed by atoms with Crippen molar-refractivity contribution in [2.45, 2.75) is 6.18 Å². The normalized spacial score (nSPS) is 11.5. The van der Waals surface area contributed by atoms with Crippen LogP contribution < -0.4 is 16.5 Å². The summed E-state index contributed by atoms with van der Waals surface area (Å²) in [6.45, 7) is 0. The van der Waals surface area contributed by atoms with Gasteiger partial charge in [0.05, 0.1) is 5.56 Å². The van der Waals surface area contributed by atoms with Crippen LogP contribution in [0.1, 0.15) is 15.9 Å². The topological polar surface area (TPSA) is 88.0 Å². The molecule has 128 valence electrons. The number of pyridine rings is 1. The Kier molecular flexibility index (Phi) is 3.96. The number of nitrogens with one attached hydrogen (secondary N) is 2. The van der Waals surface area contributed by atoms with Crippen molar-refractivity contribution in [3.8, 4) is 0 Å². The summed E-state index contributed by atoms with van der Waals surface area (Å²) in [4.78, 5) is 27.5. The number of carbonyl (C=O) groups excluding carboxylic acids is 1. The van der Waals surface area contributed by atoms with Crippen molar-refractivity contribution in [2.75, 3.05) is 11.1 Å². The molecule has 1 aromatic heterocycles. The fraction of sp³-hybridized carbons (Fsp3) is 0.0588. The largest absolute Gasteiger partial charge is 0.416 e. The number of H-pyrrole nitrogens is 1. The summed E-state index contributed by atoms with van der Waals surface area (Å²) in [5.41, 5.74) is 3.98. The number of hydrogen-bond acceptors (Lipinski definition) is 3. The third-order valence-electron chi connectivity index (χ3n) is 3.57. The van der Waals surface area contributed by atoms with E-state index in [1.807, 2.05) is 0 Å². The van der Waals surface area contributed by atoms with Crippen LogP contribution in [0.3, 0.4) is 0 Å². The lowest BCUT2D eigenvalue weighted by Gasteiger charge is -2.11. The Morgan fingerprint density at radius 2 is 1.84 bits per heavy atom. The first-order valence-electron chi connectivity index (χ1n) is 7.15. The van der Waals surface area contributed by atoms with Crippen molar-refractivity contribution >= 4 is 28.2 Å². The lowest BCUT2D eigenvalue weighted by atomic mass is 10.1. The first-order chi connectivity index (χ1) is 11.8. The number of carbonyl (C=O) groups is 1. The van der Waals surface area contributed by atoms with Crippen LogP contribution in [0, 0.1) is 0 Å². The summed E-state index contributed by atoms with van der Waals surface area (Å²) >= 11 is 0. The molecule has 3 rings (SSSR count). The van der Waals surface area contributed by atoms with Crippen molar-refractivity contribution < 1.29 is 18.0 Å². The summed E-state index contributed by atoms with van der Waals surface area (Å²) < 4.78 is 38.5. The zero-order chi connectivity index (χ0) is 18.2. The molecule has 0 radical (unpaired) electrons. The number of para-hydroxylation sites is 1. The SMILES string of the molecule is Nc1cc(NC(=O)c2c[nH]c3ccccc3c2=O)cc(C(F)(F)F)c1. The fourth-order valence-corrected chi connectivity index (χ4v) is 2.42. The number of anilines is 2. The molecule has 0 aliphatic heterocycles. The number of nitrogens with two attached hydrogens (primary N) is 1. The molecule has 0 fully saturated rings. The van der Waals surface area contributed by atoms with E-state index in [1.165, 1.54) is 12.3 Å². The number of fused-ring (bicyclic) bond motifs is 1. The van der Waals surface area contributed by atoms with E-state index in [4.69, 9.17) is 5.73 Å². The van der Waals surface area contributed by atoms with Gasteiger partial charge in [0.1, 0.15) is 5.56 Å². The van der Waals surface area contributed by atoms with Gasteiger partial charge in [-0.25, -0.2) is 0 Å². The highest BCUT2D eigenvalue weighted by Gasteiger charge is 2.31. The third kappa shape index (κ3) is 3.32. The molecule has 0 saturated heterocycles. The molecule has 1 amide bonds. The molecule has 3 aromatic rings. The van der Waals surface area contributed by atoms with Crippen molar-refractivity contribution in [3.05, 3.63) is 70.0 Å². The van der Waals surface area contributed by atoms with Gasteiger partial charge < -0.3 is 16.0 Å². The third-order valence-corrected chi connectivity index (χ3v) is 3.57. The predicted octanol–water partition coefficient (Wildman–Crippen LogP) is 3.38. The van der Waals surface area contributed by atoms with Gasteiger partial charge in [-0.2, -0.15) is 13.2 Å². The van der Waals surface area contributed by atoms with Gasteiger partial charge in [0.25, 0.3) is 5.91 Å². The van der Waals surface area contributed by atoms with Gasteiger partial charge in [-0.1, -0.05) is 12.1 Å². The minimum Gasteiger partial charge on any atom is -0.399 e. The van der Waals surface area contributed by atoms with Gasteiger partial charge in [0, 0.05) is 28.5 Å². The second-order valence-corrected chi connectivity index (χ2v) is 5.37. The van der Waals surface area contributed by atoms with Crippen molar-refractivity contribution in [2.24, 2.45) is 0 Å². The molecule has 0 aliphatic rings. The van der Waals surface area contributed by atoms with Crippen LogP contribution in [0.15, 0.2) is 53.5 Å². The molecule has 8 heteroatoms. The molecule has 0 aliphatic carbocycles. The maximum absolute atomic E-state index is 12.8. The Hall–Kier alpha value is -3.29. The molecule has 0 spiro atoms. The predicted molar refractivity (Wildman–Crippen MR) is 88.4 cm³/mol. The van der Waals surface area contributed by atoms with Crippen molar-refractivity contribution in [1.29, 1.82) is 0 Å². The Morgan fingerprint density at radius 1 is 1.12 bits per heavy atom. The van der Waals surface area contributed by atoms with E-state index < -0.39 is 23.1 Å². The zero-order valence-corrected chi connectivity index (χ0v) is 12.6. The lowest BCUT2D eigenvalue weighted by molar-refractivity contribution is -0.137. The average molecular weight is 347 g/mol. The van der Waals surface area contributed by atoms with E-state index >= 15 is 0 Å². The van der Waals surface area contributed by atoms with Crippen molar-refractivity contribution in [1.82, 2.24) is 4.98 Å². The molecule has 0 atom stereocenters. The van der Waals surface area contributed by atoms with Crippen LogP contribution in [0.5, 0.6) is 0 Å². The summed E-state index contributed by atoms with van der Waals surface area (Å²) in [6, 6.07) is 9.29. The van der Waals surface area contributed by atoms with Gasteiger partial charge in [0.2, 0.25) is 5.43 Å². The summed E-state index contributed by atoms with van der Waals surface area (Å²) in [7, 11) is 0. The highest BCUT2D eigenvalue weighted by atomic mass is 19.4. The first kappa shape index (κ1) is 16.6. The molecule has 0 bridgehead atoms. The highest BCUT2D eigenvalue weighted by Crippen LogP contribution is 2.32. The quantitative estimate of drug-likeness (QED) is 0.621. The van der Waals surface area contributed by atoms with E-state index in [0.717, 1.165) is 12.1 Å². The molecule has 25 heavy (non-hydrogen) atoms. The molecular formula is C17H12F3N3O2. The summed E-state index contributed by atoms with van der Waals surface area (Å²) in [6.07, 6.45) is -3.38. The minimum atomic E-state index is -4.60. The first-order valence-corrected chi connectivity index (χ1v) is 7.15. The second-order valence-electron chi connectivity index (χ2n) is 5.37. The van der Waals surface area contributed by atoms with Gasteiger partial charge in [-0.05, 0) is 30.3 Å². The van der Waals surface area contributed by atoms with E-state index in [9.17, 15) is 22.8 Å². The molecular weight excluding hydrogens is 335 g/mol. The zero-order valence-electron chi connectivity index (χ0n) is 12.6. The Bertz CT molecular complexity index is 1030. The van der Waals surface area contributed by atoms with Gasteiger partial charge in [0.15, 0.2) is 0 Å². The number of amides is 1. The van der Waals surface area contributed by atoms with Crippen LogP contribution in [-0.2, 0) is 6.18 Å². The van der Waals surface area contributed by atoms with E-state index in [-0.39, 0.29) is 16.9 Å². The number of hydrogen-bond donors (Lipinski definition) is 3. The van der Waals surface area contributed by atoms with Crippen LogP contribution in [0.25, 0.3) is 10.9 Å². The van der Waals surface area contributed by atoms with Crippen LogP contribution in [0.4, 0.5) is 24.5 Å². The lowest BCUT2D eigenvalue weighted by Crippen LogP contribution is -2.22. The summed E-state index contributed by atoms with van der Waals surface area (Å²) in [5, 5.41) is 2.58. The summed E-state index contributed by atoms with van der Waals surface area (Å²) in [5.74, 6) is -0.828. The fourth-order valence-electron chi connectivity index (χ4n) is 2.42. The number of benzene rings is 2. The number of aromatic nitrogens is 1. The molecule has 2 aromatic carbocycles. The van der Waals surface area contributed by atoms with E-state index in [0.29, 0.717) is 10.9 Å². The highest BCUT2D eigenvalue weighted by molar-refractivity contribution is 6.05. The van der Waals surface area contributed by atoms with E-state index in [2.05, 4.69) is 10.3 Å². The van der Waals surface area contributed by atoms with Gasteiger partial charge in [-0.3, -0.25) is 9.59 Å². The Morgan fingerprint density at radius 3 is 2.56 bits per heavy atom. The molecule has 5 nitrogen and oxygen atoms in total. The Labute approximate surface area is 139 Å². The van der Waals surface area contributed by atoms with Crippen LogP contribution in [-0.4, -0.2) is 10.9 Å². The number of aromatic amines is 1. The van der Waals surface area contributed by atoms with E-state index in [1.54, 1.807) is 24.3 Å². The monoisotopic (exact) mass is 347 g/mol. The van der Waals surface area contributed by atoms with Gasteiger partial charge >= 0.3 is 6.18 Å². The maximum atomic E-state index is 12.8. The number of rotatable bonds is 2. The van der Waals surface area contributed by atoms with Crippen molar-refractivity contribution in [3.63, 3.8) is 0 Å². The standard InChI is InChI=1S/C17H12F3N3O2/c18-17(19,20)9-5-10(21)7-11(6-9)23-16(25)13-8-22-14-4-2-1-3-12(14)15(13)24/h1-8H,21H2,(H,22,24)(H,23,25). The molecule has 4 N–H and O–H groups in total. The molecule has 0 saturated carbocycles. The maximum Gasteiger partial charge on any atom is 0.416 e. The average Bonchev–Trinajstić information content (AvgIpc) is 2.54. The molecule has 0 unspecified atom stereocenters. The van der Waals surface area contributed by atoms with Crippen LogP contribution in [0.2, 0.25) is 0 Å². The second kappa shape index (κ2) is 5.97. The number of nitrogen functional groups attached to an aromatic ring is 1. The molecule has 1 heterocycles. The van der Waals surface area contributed by atoms with Gasteiger partial charge in [-0.15, -0.1) is 0 Å². The smallest absolute Gasteiger partial charge is 0.399 e.